The van der Waals surface area contributed by atoms with Crippen molar-refractivity contribution < 1.29 is 4.42 Å². The van der Waals surface area contributed by atoms with Crippen molar-refractivity contribution in [1.82, 2.24) is 10.3 Å². The summed E-state index contributed by atoms with van der Waals surface area (Å²) in [5, 5.41) is 4.04. The van der Waals surface area contributed by atoms with Crippen LogP contribution in [0.1, 0.15) is 11.3 Å². The third-order valence-corrected chi connectivity index (χ3v) is 3.36. The molecule has 1 N–H and O–H groups in total. The fourth-order valence-corrected chi connectivity index (χ4v) is 2.29. The van der Waals surface area contributed by atoms with Gasteiger partial charge in [0.2, 0.25) is 0 Å². The highest BCUT2D eigenvalue weighted by Gasteiger charge is 2.05. The fourth-order valence-electron chi connectivity index (χ4n) is 2.10. The van der Waals surface area contributed by atoms with Gasteiger partial charge in [-0.25, -0.2) is 0 Å². The zero-order valence-corrected chi connectivity index (χ0v) is 12.2. The lowest BCUT2D eigenvalue weighted by molar-refractivity contribution is 0.493. The maximum absolute atomic E-state index is 5.99. The van der Waals surface area contributed by atoms with E-state index in [4.69, 9.17) is 16.0 Å². The van der Waals surface area contributed by atoms with Crippen molar-refractivity contribution in [3.05, 3.63) is 77.3 Å². The smallest absolute Gasteiger partial charge is 0.134 e. The van der Waals surface area contributed by atoms with Crippen LogP contribution in [0.25, 0.3) is 11.3 Å². The highest BCUT2D eigenvalue weighted by Crippen LogP contribution is 2.24. The lowest BCUT2D eigenvalue weighted by atomic mass is 10.2. The minimum atomic E-state index is 0.676. The van der Waals surface area contributed by atoms with Crippen molar-refractivity contribution in [3.63, 3.8) is 0 Å². The van der Waals surface area contributed by atoms with Crippen LogP contribution in [0.3, 0.4) is 0 Å². The van der Waals surface area contributed by atoms with Crippen molar-refractivity contribution in [2.75, 3.05) is 0 Å². The molecule has 0 radical (unpaired) electrons. The maximum atomic E-state index is 5.99. The predicted molar refractivity (Wildman–Crippen MR) is 83.9 cm³/mol. The van der Waals surface area contributed by atoms with E-state index in [1.54, 1.807) is 6.20 Å². The summed E-state index contributed by atoms with van der Waals surface area (Å²) in [7, 11) is 0. The van der Waals surface area contributed by atoms with Gasteiger partial charge < -0.3 is 9.73 Å². The summed E-state index contributed by atoms with van der Waals surface area (Å²) < 4.78 is 5.83. The van der Waals surface area contributed by atoms with E-state index in [1.165, 1.54) is 0 Å². The lowest BCUT2D eigenvalue weighted by Gasteiger charge is -2.02. The van der Waals surface area contributed by atoms with E-state index in [2.05, 4.69) is 10.3 Å². The lowest BCUT2D eigenvalue weighted by Crippen LogP contribution is -2.12. The first kappa shape index (κ1) is 13.9. The molecule has 0 saturated carbocycles. The molecule has 0 aliphatic heterocycles. The van der Waals surface area contributed by atoms with Gasteiger partial charge in [-0.2, -0.15) is 0 Å². The number of hydrogen-bond donors (Lipinski definition) is 1. The molecule has 0 aliphatic rings. The Morgan fingerprint density at radius 3 is 2.81 bits per heavy atom. The number of rotatable bonds is 5. The number of pyridine rings is 1. The molecule has 3 nitrogen and oxygen atoms in total. The van der Waals surface area contributed by atoms with Crippen molar-refractivity contribution >= 4 is 11.6 Å². The molecule has 21 heavy (non-hydrogen) atoms. The Hall–Kier alpha value is -2.10. The van der Waals surface area contributed by atoms with Crippen LogP contribution in [0.5, 0.6) is 0 Å². The molecule has 106 valence electrons. The Labute approximate surface area is 128 Å². The average Bonchev–Trinajstić information content (AvgIpc) is 2.97. The molecular formula is C17H15ClN2O. The third kappa shape index (κ3) is 3.72. The second kappa shape index (κ2) is 6.57. The minimum Gasteiger partial charge on any atom is -0.460 e. The Bertz CT molecular complexity index is 710. The van der Waals surface area contributed by atoms with Gasteiger partial charge in [0.05, 0.1) is 6.54 Å². The standard InChI is InChI=1S/C17H15ClN2O/c18-15-5-1-4-14(9-15)17-7-6-16(21-17)12-20-11-13-3-2-8-19-10-13/h1-10,20H,11-12H2. The number of nitrogens with one attached hydrogen (secondary N) is 1. The molecule has 0 spiro atoms. The van der Waals surface area contributed by atoms with Crippen LogP contribution in [0, 0.1) is 0 Å². The number of furan rings is 1. The molecule has 0 saturated heterocycles. The van der Waals surface area contributed by atoms with Crippen LogP contribution in [-0.4, -0.2) is 4.98 Å². The maximum Gasteiger partial charge on any atom is 0.134 e. The van der Waals surface area contributed by atoms with Gasteiger partial charge >= 0.3 is 0 Å². The van der Waals surface area contributed by atoms with Gasteiger partial charge in [-0.3, -0.25) is 4.98 Å². The molecule has 4 heteroatoms. The normalized spacial score (nSPS) is 10.7. The summed E-state index contributed by atoms with van der Waals surface area (Å²) >= 11 is 5.99. The molecule has 1 aromatic carbocycles. The average molecular weight is 299 g/mol. The van der Waals surface area contributed by atoms with Crippen LogP contribution in [-0.2, 0) is 13.1 Å². The van der Waals surface area contributed by atoms with E-state index in [0.717, 1.165) is 29.2 Å². The summed E-state index contributed by atoms with van der Waals surface area (Å²) in [5.74, 6) is 1.73. The molecule has 0 amide bonds. The Morgan fingerprint density at radius 2 is 2.00 bits per heavy atom. The summed E-state index contributed by atoms with van der Waals surface area (Å²) in [4.78, 5) is 4.09. The van der Waals surface area contributed by atoms with Crippen molar-refractivity contribution in [1.29, 1.82) is 0 Å². The molecule has 0 fully saturated rings. The van der Waals surface area contributed by atoms with E-state index >= 15 is 0 Å². The van der Waals surface area contributed by atoms with Gasteiger partial charge in [-0.1, -0.05) is 29.8 Å². The molecule has 3 aromatic rings. The van der Waals surface area contributed by atoms with Gasteiger partial charge in [0, 0.05) is 29.5 Å². The summed E-state index contributed by atoms with van der Waals surface area (Å²) in [6.07, 6.45) is 3.62. The topological polar surface area (TPSA) is 38.1 Å². The van der Waals surface area contributed by atoms with Gasteiger partial charge in [-0.05, 0) is 35.9 Å². The van der Waals surface area contributed by atoms with E-state index in [1.807, 2.05) is 54.7 Å². The zero-order valence-electron chi connectivity index (χ0n) is 11.4. The molecular weight excluding hydrogens is 284 g/mol. The van der Waals surface area contributed by atoms with Crippen LogP contribution in [0.4, 0.5) is 0 Å². The van der Waals surface area contributed by atoms with Gasteiger partial charge in [0.15, 0.2) is 0 Å². The summed E-state index contributed by atoms with van der Waals surface area (Å²) in [6.45, 7) is 1.44. The monoisotopic (exact) mass is 298 g/mol. The fraction of sp³-hybridized carbons (Fsp3) is 0.118. The van der Waals surface area contributed by atoms with Crippen molar-refractivity contribution in [2.24, 2.45) is 0 Å². The molecule has 0 aliphatic carbocycles. The molecule has 0 atom stereocenters. The van der Waals surface area contributed by atoms with Gasteiger partial charge in [0.25, 0.3) is 0 Å². The quantitative estimate of drug-likeness (QED) is 0.764. The molecule has 2 heterocycles. The molecule has 2 aromatic heterocycles. The van der Waals surface area contributed by atoms with Crippen molar-refractivity contribution in [2.45, 2.75) is 13.1 Å². The second-order valence-electron chi connectivity index (χ2n) is 4.74. The van der Waals surface area contributed by atoms with Crippen LogP contribution in [0.2, 0.25) is 5.02 Å². The SMILES string of the molecule is Clc1cccc(-c2ccc(CNCc3cccnc3)o2)c1. The predicted octanol–water partition coefficient (Wildman–Crippen LogP) is 4.28. The number of aromatic nitrogens is 1. The largest absolute Gasteiger partial charge is 0.460 e. The Balaban J connectivity index is 1.60. The summed E-state index contributed by atoms with van der Waals surface area (Å²) in [6, 6.07) is 15.6. The van der Waals surface area contributed by atoms with Crippen molar-refractivity contribution in [3.8, 4) is 11.3 Å². The first-order valence-electron chi connectivity index (χ1n) is 6.75. The zero-order chi connectivity index (χ0) is 14.5. The van der Waals surface area contributed by atoms with E-state index in [9.17, 15) is 0 Å². The number of nitrogens with zero attached hydrogens (tertiary/aromatic N) is 1. The van der Waals surface area contributed by atoms with E-state index in [0.29, 0.717) is 11.6 Å². The molecule has 3 rings (SSSR count). The molecule has 0 unspecified atom stereocenters. The van der Waals surface area contributed by atoms with E-state index in [-0.39, 0.29) is 0 Å². The summed E-state index contributed by atoms with van der Waals surface area (Å²) in [5.41, 5.74) is 2.14. The highest BCUT2D eigenvalue weighted by molar-refractivity contribution is 6.30. The number of hydrogen-bond acceptors (Lipinski definition) is 3. The Kier molecular flexibility index (Phi) is 4.34. The van der Waals surface area contributed by atoms with Crippen LogP contribution >= 0.6 is 11.6 Å². The first-order chi connectivity index (χ1) is 10.3. The highest BCUT2D eigenvalue weighted by atomic mass is 35.5. The van der Waals surface area contributed by atoms with Gasteiger partial charge in [0.1, 0.15) is 11.5 Å². The second-order valence-corrected chi connectivity index (χ2v) is 5.18. The number of halogens is 1. The Morgan fingerprint density at radius 1 is 1.05 bits per heavy atom. The van der Waals surface area contributed by atoms with Gasteiger partial charge in [-0.15, -0.1) is 0 Å². The van der Waals surface area contributed by atoms with E-state index < -0.39 is 0 Å². The van der Waals surface area contributed by atoms with Crippen LogP contribution in [0.15, 0.2) is 65.3 Å². The first-order valence-corrected chi connectivity index (χ1v) is 7.13. The molecule has 0 bridgehead atoms. The van der Waals surface area contributed by atoms with Crippen LogP contribution < -0.4 is 5.32 Å². The number of benzene rings is 1. The third-order valence-electron chi connectivity index (χ3n) is 3.12. The minimum absolute atomic E-state index is 0.676.